The van der Waals surface area contributed by atoms with Crippen LogP contribution < -0.4 is 10.1 Å². The molecule has 0 fully saturated rings. The van der Waals surface area contributed by atoms with Gasteiger partial charge in [0.15, 0.2) is 17.0 Å². The fraction of sp³-hybridized carbons (Fsp3) is 0.176. The van der Waals surface area contributed by atoms with Crippen LogP contribution in [0.2, 0.25) is 0 Å². The smallest absolute Gasteiger partial charge is 0.505 e. The van der Waals surface area contributed by atoms with E-state index in [-0.39, 0.29) is 27.9 Å². The second kappa shape index (κ2) is 7.30. The molecule has 0 radical (unpaired) electrons. The molecule has 9 nitrogen and oxygen atoms in total. The molecule has 12 heteroatoms. The van der Waals surface area contributed by atoms with Crippen LogP contribution in [0.25, 0.3) is 22.2 Å². The number of rotatable bonds is 5. The maximum Gasteiger partial charge on any atom is 0.573 e. The number of alkyl halides is 3. The largest absolute Gasteiger partial charge is 0.573 e. The zero-order valence-electron chi connectivity index (χ0n) is 14.6. The van der Waals surface area contributed by atoms with Gasteiger partial charge < -0.3 is 24.8 Å². The van der Waals surface area contributed by atoms with Gasteiger partial charge in [-0.3, -0.25) is 9.59 Å². The van der Waals surface area contributed by atoms with Crippen molar-refractivity contribution in [2.24, 2.45) is 0 Å². The second-order valence-corrected chi connectivity index (χ2v) is 5.78. The summed E-state index contributed by atoms with van der Waals surface area (Å²) in [6.45, 7) is 0.791. The Morgan fingerprint density at radius 1 is 1.24 bits per heavy atom. The molecule has 0 unspecified atom stereocenters. The Morgan fingerprint density at radius 2 is 1.90 bits per heavy atom. The number of carbonyl (C=O) groups excluding carboxylic acids is 1. The van der Waals surface area contributed by atoms with E-state index in [1.165, 1.54) is 19.1 Å². The fourth-order valence-corrected chi connectivity index (χ4v) is 2.56. The Kier molecular flexibility index (Phi) is 5.01. The average Bonchev–Trinajstić information content (AvgIpc) is 3.08. The highest BCUT2D eigenvalue weighted by molar-refractivity contribution is 6.05. The predicted octanol–water partition coefficient (Wildman–Crippen LogP) is 2.62. The zero-order chi connectivity index (χ0) is 21.3. The number of carboxylic acid groups (broad SMARTS) is 1. The molecule has 3 aromatic rings. The molecule has 0 aliphatic heterocycles. The number of halogens is 3. The van der Waals surface area contributed by atoms with E-state index in [1.807, 2.05) is 0 Å². The third kappa shape index (κ3) is 4.20. The van der Waals surface area contributed by atoms with Gasteiger partial charge in [-0.05, 0) is 31.2 Å². The summed E-state index contributed by atoms with van der Waals surface area (Å²) in [6.07, 6.45) is -4.85. The molecule has 0 saturated heterocycles. The molecule has 0 aliphatic carbocycles. The van der Waals surface area contributed by atoms with Crippen molar-refractivity contribution in [2.45, 2.75) is 13.3 Å². The van der Waals surface area contributed by atoms with E-state index >= 15 is 0 Å². The molecule has 0 bridgehead atoms. The topological polar surface area (TPSA) is 135 Å². The molecule has 0 atom stereocenters. The van der Waals surface area contributed by atoms with Crippen LogP contribution in [0.15, 0.2) is 28.8 Å². The number of aromatic nitrogens is 2. The van der Waals surface area contributed by atoms with Crippen molar-refractivity contribution in [1.82, 2.24) is 15.5 Å². The molecule has 2 heterocycles. The molecule has 0 aliphatic rings. The summed E-state index contributed by atoms with van der Waals surface area (Å²) in [5, 5.41) is 25.0. The first kappa shape index (κ1) is 19.9. The normalized spacial score (nSPS) is 11.4. The van der Waals surface area contributed by atoms with E-state index in [2.05, 4.69) is 20.2 Å². The highest BCUT2D eigenvalue weighted by Crippen LogP contribution is 2.38. The lowest BCUT2D eigenvalue weighted by Gasteiger charge is -2.09. The van der Waals surface area contributed by atoms with E-state index in [9.17, 15) is 27.9 Å². The lowest BCUT2D eigenvalue weighted by molar-refractivity contribution is -0.274. The van der Waals surface area contributed by atoms with Crippen molar-refractivity contribution >= 4 is 22.8 Å². The molecule has 0 spiro atoms. The number of aliphatic carboxylic acids is 1. The lowest BCUT2D eigenvalue weighted by atomic mass is 10.1. The first-order chi connectivity index (χ1) is 13.6. The van der Waals surface area contributed by atoms with Gasteiger partial charge in [0.25, 0.3) is 5.91 Å². The minimum absolute atomic E-state index is 0.00228. The van der Waals surface area contributed by atoms with Gasteiger partial charge in [-0.1, -0.05) is 5.16 Å². The van der Waals surface area contributed by atoms with Gasteiger partial charge in [0.2, 0.25) is 0 Å². The second-order valence-electron chi connectivity index (χ2n) is 5.78. The number of ether oxygens (including phenoxy) is 1. The van der Waals surface area contributed by atoms with Crippen LogP contribution in [-0.4, -0.2) is 45.1 Å². The molecule has 1 aromatic carbocycles. The van der Waals surface area contributed by atoms with Crippen LogP contribution >= 0.6 is 0 Å². The first-order valence-corrected chi connectivity index (χ1v) is 7.92. The number of pyridine rings is 1. The van der Waals surface area contributed by atoms with Crippen molar-refractivity contribution in [1.29, 1.82) is 0 Å². The number of aryl methyl sites for hydroxylation is 1. The van der Waals surface area contributed by atoms with E-state index in [4.69, 9.17) is 9.63 Å². The van der Waals surface area contributed by atoms with Crippen LogP contribution in [-0.2, 0) is 4.79 Å². The highest BCUT2D eigenvalue weighted by atomic mass is 19.4. The predicted molar refractivity (Wildman–Crippen MR) is 90.3 cm³/mol. The van der Waals surface area contributed by atoms with Gasteiger partial charge in [0.1, 0.15) is 18.0 Å². The summed E-state index contributed by atoms with van der Waals surface area (Å²) in [5.41, 5.74) is 0.125. The molecule has 0 saturated carbocycles. The number of aromatic hydroxyl groups is 1. The van der Waals surface area contributed by atoms with Gasteiger partial charge in [-0.15, -0.1) is 13.2 Å². The van der Waals surface area contributed by atoms with Crippen LogP contribution in [0.3, 0.4) is 0 Å². The first-order valence-electron chi connectivity index (χ1n) is 7.92. The number of carbonyl (C=O) groups is 2. The summed E-state index contributed by atoms with van der Waals surface area (Å²) < 4.78 is 45.8. The van der Waals surface area contributed by atoms with Gasteiger partial charge in [0, 0.05) is 5.56 Å². The molecule has 2 aromatic heterocycles. The SMILES string of the molecule is Cc1nc(C(=O)NCC(=O)O)c(O)c2c(-c3ccc(OC(F)(F)F)cc3)noc12. The Bertz CT molecular complexity index is 1090. The Hall–Kier alpha value is -3.83. The average molecular weight is 411 g/mol. The number of hydrogen-bond donors (Lipinski definition) is 3. The summed E-state index contributed by atoms with van der Waals surface area (Å²) >= 11 is 0. The molecule has 3 N–H and O–H groups in total. The van der Waals surface area contributed by atoms with Gasteiger partial charge in [-0.2, -0.15) is 0 Å². The number of carboxylic acids is 1. The molecular weight excluding hydrogens is 399 g/mol. The third-order valence-electron chi connectivity index (χ3n) is 3.74. The minimum atomic E-state index is -4.85. The Morgan fingerprint density at radius 3 is 2.48 bits per heavy atom. The highest BCUT2D eigenvalue weighted by Gasteiger charge is 2.31. The maximum absolute atomic E-state index is 12.3. The van der Waals surface area contributed by atoms with Crippen molar-refractivity contribution in [3.05, 3.63) is 35.7 Å². The van der Waals surface area contributed by atoms with Crippen LogP contribution in [0.4, 0.5) is 13.2 Å². The molecular formula is C17H12F3N3O6. The molecule has 3 rings (SSSR count). The number of hydrogen-bond acceptors (Lipinski definition) is 7. The van der Waals surface area contributed by atoms with Gasteiger partial charge >= 0.3 is 12.3 Å². The molecule has 152 valence electrons. The van der Waals surface area contributed by atoms with Crippen molar-refractivity contribution in [2.75, 3.05) is 6.54 Å². The lowest BCUT2D eigenvalue weighted by Crippen LogP contribution is -2.30. The molecule has 29 heavy (non-hydrogen) atoms. The maximum atomic E-state index is 12.3. The monoisotopic (exact) mass is 411 g/mol. The summed E-state index contributed by atoms with van der Waals surface area (Å²) in [6, 6.07) is 4.62. The van der Waals surface area contributed by atoms with Crippen LogP contribution in [0, 0.1) is 6.92 Å². The molecule has 1 amide bonds. The summed E-state index contributed by atoms with van der Waals surface area (Å²) in [5.74, 6) is -3.29. The standard InChI is InChI=1S/C17H12F3N3O6/c1-7-15-11(14(26)13(22-7)16(27)21-6-10(24)25)12(23-29-15)8-2-4-9(5-3-8)28-17(18,19)20/h2-5,26H,6H2,1H3,(H,21,27)(H,24,25). The summed E-state index contributed by atoms with van der Waals surface area (Å²) in [7, 11) is 0. The number of amides is 1. The quantitative estimate of drug-likeness (QED) is 0.583. The van der Waals surface area contributed by atoms with E-state index < -0.39 is 42.0 Å². The number of nitrogens with one attached hydrogen (secondary N) is 1. The van der Waals surface area contributed by atoms with E-state index in [1.54, 1.807) is 0 Å². The van der Waals surface area contributed by atoms with Gasteiger partial charge in [-0.25, -0.2) is 4.98 Å². The van der Waals surface area contributed by atoms with Gasteiger partial charge in [0.05, 0.1) is 11.1 Å². The van der Waals surface area contributed by atoms with E-state index in [0.29, 0.717) is 0 Å². The third-order valence-corrected chi connectivity index (χ3v) is 3.74. The van der Waals surface area contributed by atoms with Crippen LogP contribution in [0.5, 0.6) is 11.5 Å². The summed E-state index contributed by atoms with van der Waals surface area (Å²) in [4.78, 5) is 26.7. The Balaban J connectivity index is 2.03. The zero-order valence-corrected chi connectivity index (χ0v) is 14.6. The number of benzene rings is 1. The Labute approximate surface area is 159 Å². The minimum Gasteiger partial charge on any atom is -0.505 e. The van der Waals surface area contributed by atoms with Crippen molar-refractivity contribution in [3.63, 3.8) is 0 Å². The van der Waals surface area contributed by atoms with Crippen LogP contribution in [0.1, 0.15) is 16.2 Å². The fourth-order valence-electron chi connectivity index (χ4n) is 2.56. The number of nitrogens with zero attached hydrogens (tertiary/aromatic N) is 2. The van der Waals surface area contributed by atoms with Crippen molar-refractivity contribution < 1.29 is 42.2 Å². The number of fused-ring (bicyclic) bond motifs is 1. The van der Waals surface area contributed by atoms with E-state index in [0.717, 1.165) is 12.1 Å². The van der Waals surface area contributed by atoms with Crippen molar-refractivity contribution in [3.8, 4) is 22.8 Å².